The molecule has 0 radical (unpaired) electrons. The Labute approximate surface area is 101 Å². The van der Waals surface area contributed by atoms with E-state index in [1.54, 1.807) is 45.2 Å². The second-order valence-corrected chi connectivity index (χ2v) is 4.83. The minimum atomic E-state index is -0.907. The van der Waals surface area contributed by atoms with E-state index in [9.17, 15) is 9.90 Å². The van der Waals surface area contributed by atoms with E-state index in [0.29, 0.717) is 5.56 Å². The number of aliphatic hydroxyl groups is 2. The maximum Gasteiger partial charge on any atom is 0.253 e. The molecular weight excluding hydrogens is 218 g/mol. The summed E-state index contributed by atoms with van der Waals surface area (Å²) in [6.45, 7) is 3.55. The first-order valence-corrected chi connectivity index (χ1v) is 5.51. The number of aliphatic hydroxyl groups excluding tert-OH is 1. The van der Waals surface area contributed by atoms with Gasteiger partial charge in [-0.25, -0.2) is 0 Å². The number of hydrogen-bond donors (Lipinski definition) is 2. The van der Waals surface area contributed by atoms with Gasteiger partial charge in [0.15, 0.2) is 0 Å². The highest BCUT2D eigenvalue weighted by Gasteiger charge is 2.20. The molecule has 0 spiro atoms. The molecule has 0 aliphatic rings. The lowest BCUT2D eigenvalue weighted by atomic mass is 10.1. The summed E-state index contributed by atoms with van der Waals surface area (Å²) in [6, 6.07) is 6.78. The third-order valence-corrected chi connectivity index (χ3v) is 2.35. The number of likely N-dealkylation sites (N-methyl/N-ethyl adjacent to an activating group) is 1. The van der Waals surface area contributed by atoms with E-state index in [4.69, 9.17) is 5.11 Å². The first-order chi connectivity index (χ1) is 7.83. The Bertz CT molecular complexity index is 379. The number of nitrogens with zero attached hydrogens (tertiary/aromatic N) is 1. The van der Waals surface area contributed by atoms with Crippen LogP contribution in [0, 0.1) is 0 Å². The summed E-state index contributed by atoms with van der Waals surface area (Å²) >= 11 is 0. The molecule has 4 nitrogen and oxygen atoms in total. The zero-order valence-corrected chi connectivity index (χ0v) is 10.5. The van der Waals surface area contributed by atoms with Crippen LogP contribution in [0.25, 0.3) is 0 Å². The lowest BCUT2D eigenvalue weighted by molar-refractivity contribution is 0.0368. The summed E-state index contributed by atoms with van der Waals surface area (Å²) in [5, 5.41) is 18.5. The maximum atomic E-state index is 12.0. The van der Waals surface area contributed by atoms with Crippen molar-refractivity contribution in [3.05, 3.63) is 35.4 Å². The van der Waals surface area contributed by atoms with E-state index in [0.717, 1.165) is 5.56 Å². The molecule has 0 unspecified atom stereocenters. The van der Waals surface area contributed by atoms with Crippen molar-refractivity contribution in [3.8, 4) is 0 Å². The van der Waals surface area contributed by atoms with Crippen LogP contribution in [-0.2, 0) is 6.61 Å². The molecule has 2 N–H and O–H groups in total. The molecule has 0 saturated heterocycles. The monoisotopic (exact) mass is 237 g/mol. The van der Waals surface area contributed by atoms with Crippen LogP contribution in [-0.4, -0.2) is 40.2 Å². The quantitative estimate of drug-likeness (QED) is 0.822. The second-order valence-electron chi connectivity index (χ2n) is 4.83. The van der Waals surface area contributed by atoms with Crippen LogP contribution in [0.4, 0.5) is 0 Å². The van der Waals surface area contributed by atoms with Gasteiger partial charge in [-0.1, -0.05) is 12.1 Å². The SMILES string of the molecule is CN(CC(C)(C)O)C(=O)c1ccc(CO)cc1. The fourth-order valence-corrected chi connectivity index (χ4v) is 1.63. The van der Waals surface area contributed by atoms with E-state index in [-0.39, 0.29) is 19.1 Å². The molecule has 0 heterocycles. The number of carbonyl (C=O) groups is 1. The van der Waals surface area contributed by atoms with Crippen molar-refractivity contribution in [2.75, 3.05) is 13.6 Å². The van der Waals surface area contributed by atoms with Crippen molar-refractivity contribution in [1.82, 2.24) is 4.90 Å². The van der Waals surface area contributed by atoms with Crippen LogP contribution in [0.15, 0.2) is 24.3 Å². The summed E-state index contributed by atoms with van der Waals surface area (Å²) in [5.74, 6) is -0.142. The van der Waals surface area contributed by atoms with Gasteiger partial charge < -0.3 is 15.1 Å². The number of benzene rings is 1. The van der Waals surface area contributed by atoms with Gasteiger partial charge in [0.1, 0.15) is 0 Å². The minimum Gasteiger partial charge on any atom is -0.392 e. The summed E-state index contributed by atoms with van der Waals surface area (Å²) in [6.07, 6.45) is 0. The van der Waals surface area contributed by atoms with Gasteiger partial charge in [0.25, 0.3) is 5.91 Å². The highest BCUT2D eigenvalue weighted by molar-refractivity contribution is 5.94. The summed E-state index contributed by atoms with van der Waals surface area (Å²) in [4.78, 5) is 13.5. The van der Waals surface area contributed by atoms with Gasteiger partial charge >= 0.3 is 0 Å². The first-order valence-electron chi connectivity index (χ1n) is 5.51. The number of rotatable bonds is 4. The molecule has 0 fully saturated rings. The fourth-order valence-electron chi connectivity index (χ4n) is 1.63. The number of carbonyl (C=O) groups excluding carboxylic acids is 1. The third kappa shape index (κ3) is 4.17. The van der Waals surface area contributed by atoms with E-state index >= 15 is 0 Å². The van der Waals surface area contributed by atoms with Gasteiger partial charge in [0.2, 0.25) is 0 Å². The zero-order chi connectivity index (χ0) is 13.1. The Morgan fingerprint density at radius 1 is 1.29 bits per heavy atom. The van der Waals surface area contributed by atoms with Gasteiger partial charge in [-0.3, -0.25) is 4.79 Å². The van der Waals surface area contributed by atoms with Gasteiger partial charge in [-0.05, 0) is 31.5 Å². The Morgan fingerprint density at radius 3 is 2.24 bits per heavy atom. The normalized spacial score (nSPS) is 11.4. The number of hydrogen-bond acceptors (Lipinski definition) is 3. The Hall–Kier alpha value is -1.39. The molecule has 1 aromatic carbocycles. The molecule has 0 bridgehead atoms. The standard InChI is InChI=1S/C13H19NO3/c1-13(2,17)9-14(3)12(16)11-6-4-10(8-15)5-7-11/h4-7,15,17H,8-9H2,1-3H3. The molecule has 1 rings (SSSR count). The minimum absolute atomic E-state index is 0.0337. The molecule has 1 amide bonds. The molecule has 94 valence electrons. The lowest BCUT2D eigenvalue weighted by Gasteiger charge is -2.25. The predicted molar refractivity (Wildman–Crippen MR) is 65.6 cm³/mol. The zero-order valence-electron chi connectivity index (χ0n) is 10.5. The van der Waals surface area contributed by atoms with Gasteiger partial charge in [0, 0.05) is 19.2 Å². The van der Waals surface area contributed by atoms with Crippen molar-refractivity contribution in [3.63, 3.8) is 0 Å². The van der Waals surface area contributed by atoms with Crippen molar-refractivity contribution >= 4 is 5.91 Å². The Kier molecular flexibility index (Phi) is 4.26. The van der Waals surface area contributed by atoms with E-state index < -0.39 is 5.60 Å². The topological polar surface area (TPSA) is 60.8 Å². The molecule has 4 heteroatoms. The van der Waals surface area contributed by atoms with Gasteiger partial charge in [0.05, 0.1) is 12.2 Å². The molecule has 1 aromatic rings. The van der Waals surface area contributed by atoms with Crippen LogP contribution in [0.5, 0.6) is 0 Å². The predicted octanol–water partition coefficient (Wildman–Crippen LogP) is 1.02. The maximum absolute atomic E-state index is 12.0. The average molecular weight is 237 g/mol. The summed E-state index contributed by atoms with van der Waals surface area (Å²) < 4.78 is 0. The van der Waals surface area contributed by atoms with E-state index in [2.05, 4.69) is 0 Å². The van der Waals surface area contributed by atoms with Crippen LogP contribution < -0.4 is 0 Å². The number of amides is 1. The molecule has 0 aliphatic carbocycles. The third-order valence-electron chi connectivity index (χ3n) is 2.35. The Balaban J connectivity index is 2.75. The molecule has 0 aromatic heterocycles. The largest absolute Gasteiger partial charge is 0.392 e. The van der Waals surface area contributed by atoms with Gasteiger partial charge in [-0.2, -0.15) is 0 Å². The van der Waals surface area contributed by atoms with Crippen LogP contribution in [0.2, 0.25) is 0 Å². The van der Waals surface area contributed by atoms with E-state index in [1.807, 2.05) is 0 Å². The molecule has 0 atom stereocenters. The first kappa shape index (κ1) is 13.7. The molecule has 17 heavy (non-hydrogen) atoms. The summed E-state index contributed by atoms with van der Waals surface area (Å²) in [7, 11) is 1.65. The lowest BCUT2D eigenvalue weighted by Crippen LogP contribution is -2.39. The second kappa shape index (κ2) is 5.29. The molecular formula is C13H19NO3. The van der Waals surface area contributed by atoms with E-state index in [1.165, 1.54) is 4.90 Å². The highest BCUT2D eigenvalue weighted by atomic mass is 16.3. The smallest absolute Gasteiger partial charge is 0.253 e. The van der Waals surface area contributed by atoms with Crippen molar-refractivity contribution in [2.24, 2.45) is 0 Å². The highest BCUT2D eigenvalue weighted by Crippen LogP contribution is 2.10. The molecule has 0 saturated carbocycles. The van der Waals surface area contributed by atoms with Crippen molar-refractivity contribution in [2.45, 2.75) is 26.1 Å². The fraction of sp³-hybridized carbons (Fsp3) is 0.462. The van der Waals surface area contributed by atoms with Crippen LogP contribution >= 0.6 is 0 Å². The Morgan fingerprint density at radius 2 is 1.82 bits per heavy atom. The molecule has 0 aliphatic heterocycles. The van der Waals surface area contributed by atoms with Crippen LogP contribution in [0.3, 0.4) is 0 Å². The van der Waals surface area contributed by atoms with Crippen LogP contribution in [0.1, 0.15) is 29.8 Å². The van der Waals surface area contributed by atoms with Crippen molar-refractivity contribution < 1.29 is 15.0 Å². The average Bonchev–Trinajstić information content (AvgIpc) is 2.26. The van der Waals surface area contributed by atoms with Crippen molar-refractivity contribution in [1.29, 1.82) is 0 Å². The summed E-state index contributed by atoms with van der Waals surface area (Å²) in [5.41, 5.74) is 0.413. The van der Waals surface area contributed by atoms with Gasteiger partial charge in [-0.15, -0.1) is 0 Å².